The van der Waals surface area contributed by atoms with E-state index in [-0.39, 0.29) is 5.69 Å². The Hall–Kier alpha value is -5.17. The number of aromatic nitrogens is 4. The lowest BCUT2D eigenvalue weighted by atomic mass is 10.2. The molecule has 4 heterocycles. The summed E-state index contributed by atoms with van der Waals surface area (Å²) in [5.41, 5.74) is 1.38. The molecule has 1 aliphatic heterocycles. The second kappa shape index (κ2) is 11.7. The fourth-order valence-electron chi connectivity index (χ4n) is 3.90. The lowest BCUT2D eigenvalue weighted by Crippen LogP contribution is -2.28. The number of methoxy groups -OCH3 is 3. The second-order valence-electron chi connectivity index (χ2n) is 8.29. The van der Waals surface area contributed by atoms with E-state index in [1.165, 1.54) is 10.9 Å². The summed E-state index contributed by atoms with van der Waals surface area (Å²) in [6.45, 7) is 2.18. The molecule has 3 aromatic heterocycles. The first-order valence-corrected chi connectivity index (χ1v) is 12.2. The summed E-state index contributed by atoms with van der Waals surface area (Å²) in [5.74, 6) is 2.29. The van der Waals surface area contributed by atoms with Crippen molar-refractivity contribution in [2.75, 3.05) is 33.3 Å². The van der Waals surface area contributed by atoms with E-state index in [1.807, 2.05) is 6.92 Å². The largest absolute Gasteiger partial charge is 0.493 e. The highest BCUT2D eigenvalue weighted by atomic mass is 16.5. The molecular formula is C27H27N7O6. The van der Waals surface area contributed by atoms with E-state index in [0.717, 1.165) is 5.39 Å². The van der Waals surface area contributed by atoms with Crippen molar-refractivity contribution in [1.29, 1.82) is 0 Å². The number of aliphatic imine (C=N–C) groups is 1. The Morgan fingerprint density at radius 1 is 1.05 bits per heavy atom. The van der Waals surface area contributed by atoms with E-state index in [4.69, 9.17) is 23.7 Å². The first-order chi connectivity index (χ1) is 19.5. The minimum absolute atomic E-state index is 0.0970. The number of hydrogen-bond acceptors (Lipinski definition) is 11. The Labute approximate surface area is 229 Å². The summed E-state index contributed by atoms with van der Waals surface area (Å²) in [6, 6.07) is 8.64. The number of pyridine rings is 2. The number of allylic oxidation sites excluding steroid dienone is 1. The van der Waals surface area contributed by atoms with E-state index in [9.17, 15) is 4.79 Å². The molecule has 0 spiro atoms. The number of fused-ring (bicyclic) bond motifs is 1. The zero-order chi connectivity index (χ0) is 28.1. The van der Waals surface area contributed by atoms with Gasteiger partial charge in [0.25, 0.3) is 5.91 Å². The van der Waals surface area contributed by atoms with Crippen LogP contribution in [0, 0.1) is 0 Å². The van der Waals surface area contributed by atoms with E-state index >= 15 is 0 Å². The van der Waals surface area contributed by atoms with Gasteiger partial charge in [0.05, 0.1) is 50.6 Å². The molecule has 5 rings (SSSR count). The minimum Gasteiger partial charge on any atom is -0.493 e. The van der Waals surface area contributed by atoms with Crippen molar-refractivity contribution in [2.24, 2.45) is 4.99 Å². The summed E-state index contributed by atoms with van der Waals surface area (Å²) in [6.07, 6.45) is 7.56. The maximum Gasteiger partial charge on any atom is 0.281 e. The van der Waals surface area contributed by atoms with Crippen LogP contribution in [0.3, 0.4) is 0 Å². The average Bonchev–Trinajstić information content (AvgIpc) is 3.42. The van der Waals surface area contributed by atoms with Crippen molar-refractivity contribution < 1.29 is 28.5 Å². The number of rotatable bonds is 10. The van der Waals surface area contributed by atoms with Gasteiger partial charge in [-0.15, -0.1) is 0 Å². The number of anilines is 1. The molecule has 1 aliphatic rings. The summed E-state index contributed by atoms with van der Waals surface area (Å²) in [7, 11) is 4.67. The number of carbonyl (C=O) groups excluding carboxylic acids is 1. The predicted octanol–water partition coefficient (Wildman–Crippen LogP) is 3.69. The topological polar surface area (TPSA) is 143 Å². The molecule has 1 unspecified atom stereocenters. The molecule has 40 heavy (non-hydrogen) atoms. The number of ether oxygens (including phenoxy) is 5. The summed E-state index contributed by atoms with van der Waals surface area (Å²) < 4.78 is 29.1. The van der Waals surface area contributed by atoms with Crippen LogP contribution in [0.15, 0.2) is 60.1 Å². The third-order valence-electron chi connectivity index (χ3n) is 5.81. The molecule has 0 fully saturated rings. The van der Waals surface area contributed by atoms with Gasteiger partial charge in [-0.2, -0.15) is 5.10 Å². The van der Waals surface area contributed by atoms with Gasteiger partial charge in [-0.1, -0.05) is 0 Å². The zero-order valence-corrected chi connectivity index (χ0v) is 22.2. The number of carbonyl (C=O) groups is 1. The quantitative estimate of drug-likeness (QED) is 0.303. The van der Waals surface area contributed by atoms with E-state index in [2.05, 4.69) is 30.7 Å². The molecule has 206 valence electrons. The fraction of sp³-hybridized carbons (Fsp3) is 0.222. The van der Waals surface area contributed by atoms with Crippen molar-refractivity contribution in [1.82, 2.24) is 25.1 Å². The van der Waals surface area contributed by atoms with Crippen LogP contribution in [0.1, 0.15) is 17.4 Å². The molecule has 2 N–H and O–H groups in total. The lowest BCUT2D eigenvalue weighted by molar-refractivity contribution is 0.0932. The van der Waals surface area contributed by atoms with Gasteiger partial charge in [0.1, 0.15) is 17.3 Å². The molecule has 13 nitrogen and oxygen atoms in total. The van der Waals surface area contributed by atoms with E-state index < -0.39 is 12.3 Å². The highest BCUT2D eigenvalue weighted by Gasteiger charge is 2.21. The molecular weight excluding hydrogens is 518 g/mol. The highest BCUT2D eigenvalue weighted by molar-refractivity contribution is 6.06. The van der Waals surface area contributed by atoms with Crippen LogP contribution in [0.2, 0.25) is 0 Å². The van der Waals surface area contributed by atoms with Gasteiger partial charge in [-0.3, -0.25) is 9.78 Å². The van der Waals surface area contributed by atoms with E-state index in [1.54, 1.807) is 76.5 Å². The summed E-state index contributed by atoms with van der Waals surface area (Å²) >= 11 is 0. The Balaban J connectivity index is 1.32. The molecule has 0 saturated heterocycles. The van der Waals surface area contributed by atoms with E-state index in [0.29, 0.717) is 52.4 Å². The van der Waals surface area contributed by atoms with Crippen molar-refractivity contribution in [3.8, 4) is 28.7 Å². The predicted molar refractivity (Wildman–Crippen MR) is 147 cm³/mol. The van der Waals surface area contributed by atoms with Crippen LogP contribution in [0.5, 0.6) is 28.7 Å². The molecule has 1 aromatic carbocycles. The normalized spacial score (nSPS) is 14.3. The maximum atomic E-state index is 13.1. The highest BCUT2D eigenvalue weighted by Crippen LogP contribution is 2.36. The summed E-state index contributed by atoms with van der Waals surface area (Å²) in [5, 5.41) is 10.8. The Kier molecular flexibility index (Phi) is 7.73. The Bertz CT molecular complexity index is 1580. The van der Waals surface area contributed by atoms with Gasteiger partial charge in [0.2, 0.25) is 6.35 Å². The second-order valence-corrected chi connectivity index (χ2v) is 8.29. The van der Waals surface area contributed by atoms with Crippen molar-refractivity contribution in [3.63, 3.8) is 0 Å². The number of nitrogens with zero attached hydrogens (tertiary/aromatic N) is 5. The third-order valence-corrected chi connectivity index (χ3v) is 5.81. The molecule has 4 aromatic rings. The van der Waals surface area contributed by atoms with Gasteiger partial charge in [-0.05, 0) is 31.2 Å². The molecule has 13 heteroatoms. The Morgan fingerprint density at radius 2 is 1.88 bits per heavy atom. The van der Waals surface area contributed by atoms with Crippen LogP contribution in [-0.2, 0) is 4.74 Å². The molecule has 0 aliphatic carbocycles. The lowest BCUT2D eigenvalue weighted by Gasteiger charge is -2.15. The summed E-state index contributed by atoms with van der Waals surface area (Å²) in [4.78, 5) is 26.0. The van der Waals surface area contributed by atoms with Crippen molar-refractivity contribution in [2.45, 2.75) is 13.3 Å². The Morgan fingerprint density at radius 3 is 2.55 bits per heavy atom. The fourth-order valence-corrected chi connectivity index (χ4v) is 3.90. The smallest absolute Gasteiger partial charge is 0.281 e. The van der Waals surface area contributed by atoms with Crippen molar-refractivity contribution in [3.05, 3.63) is 60.8 Å². The number of nitrogens with one attached hydrogen (secondary N) is 2. The van der Waals surface area contributed by atoms with Crippen LogP contribution in [0.4, 0.5) is 5.82 Å². The van der Waals surface area contributed by atoms with Gasteiger partial charge in [-0.25, -0.2) is 14.7 Å². The van der Waals surface area contributed by atoms with Crippen LogP contribution < -0.4 is 29.6 Å². The zero-order valence-electron chi connectivity index (χ0n) is 22.2. The number of amides is 1. The van der Waals surface area contributed by atoms with Gasteiger partial charge >= 0.3 is 0 Å². The maximum absolute atomic E-state index is 13.1. The third kappa shape index (κ3) is 5.49. The van der Waals surface area contributed by atoms with Gasteiger partial charge in [0, 0.05) is 31.0 Å². The molecule has 0 radical (unpaired) electrons. The van der Waals surface area contributed by atoms with Crippen molar-refractivity contribution >= 4 is 34.5 Å². The van der Waals surface area contributed by atoms with Gasteiger partial charge in [0.15, 0.2) is 22.9 Å². The van der Waals surface area contributed by atoms with Crippen LogP contribution in [-0.4, -0.2) is 66.2 Å². The first-order valence-electron chi connectivity index (χ1n) is 12.2. The SMILES string of the molecule is CCOc1cn(C2=CNC(OC)N=C2)nc1C(=O)Nc1ccc(Oc2ccnc3cc(OC)c(OC)cc23)cn1. The monoisotopic (exact) mass is 545 g/mol. The molecule has 0 saturated carbocycles. The first kappa shape index (κ1) is 26.4. The average molecular weight is 546 g/mol. The molecule has 0 bridgehead atoms. The number of benzene rings is 1. The molecule has 1 amide bonds. The minimum atomic E-state index is -0.486. The van der Waals surface area contributed by atoms with Gasteiger partial charge < -0.3 is 34.3 Å². The molecule has 1 atom stereocenters. The van der Waals surface area contributed by atoms with Crippen LogP contribution >= 0.6 is 0 Å². The standard InChI is InChI=1S/C27H27N7O6/c1-5-39-23-15-34(16-12-30-27(38-4)31-13-16)33-25(23)26(35)32-24-7-6-17(14-29-24)40-20-8-9-28-19-11-22(37-3)21(36-2)10-18(19)20/h6-15,27,30H,5H2,1-4H3,(H,29,32,35). The number of hydrogen-bond donors (Lipinski definition) is 2. The van der Waals surface area contributed by atoms with Crippen LogP contribution in [0.25, 0.3) is 16.6 Å².